The highest BCUT2D eigenvalue weighted by atomic mass is 79.9. The number of nitrogens with one attached hydrogen (secondary N) is 2. The van der Waals surface area contributed by atoms with E-state index in [2.05, 4.69) is 26.0 Å². The first kappa shape index (κ1) is 25.2. The molecule has 1 aliphatic carbocycles. The molecule has 0 radical (unpaired) electrons. The van der Waals surface area contributed by atoms with Crippen molar-refractivity contribution in [2.45, 2.75) is 25.8 Å². The van der Waals surface area contributed by atoms with E-state index in [1.54, 1.807) is 37.3 Å². The SMILES string of the molecule is Cc1c(=O)n(C)c(Nc2ccc(Br)cc2F)c2c(=O)n(C3CC3)c(=O)n(-c3cccc(NS(C)=O)c3)c12. The quantitative estimate of drug-likeness (QED) is 0.356. The minimum Gasteiger partial charge on any atom is -0.338 e. The van der Waals surface area contributed by atoms with Crippen LogP contribution in [-0.4, -0.2) is 24.2 Å². The number of aromatic nitrogens is 3. The fourth-order valence-corrected chi connectivity index (χ4v) is 5.24. The van der Waals surface area contributed by atoms with Crippen molar-refractivity contribution in [1.82, 2.24) is 13.7 Å². The fourth-order valence-electron chi connectivity index (χ4n) is 4.45. The summed E-state index contributed by atoms with van der Waals surface area (Å²) < 4.78 is 33.6. The first-order chi connectivity index (χ1) is 17.6. The van der Waals surface area contributed by atoms with Gasteiger partial charge in [-0.15, -0.1) is 0 Å². The van der Waals surface area contributed by atoms with Gasteiger partial charge in [-0.3, -0.25) is 23.3 Å². The Labute approximate surface area is 221 Å². The minimum atomic E-state index is -1.36. The molecule has 37 heavy (non-hydrogen) atoms. The van der Waals surface area contributed by atoms with Gasteiger partial charge in [0, 0.05) is 35.1 Å². The second-order valence-corrected chi connectivity index (χ2v) is 11.0. The zero-order valence-electron chi connectivity index (χ0n) is 20.2. The van der Waals surface area contributed by atoms with E-state index in [9.17, 15) is 23.0 Å². The Morgan fingerprint density at radius 3 is 2.46 bits per heavy atom. The van der Waals surface area contributed by atoms with Crippen molar-refractivity contribution in [2.24, 2.45) is 7.05 Å². The topological polar surface area (TPSA) is 107 Å². The van der Waals surface area contributed by atoms with Crippen LogP contribution in [0.3, 0.4) is 0 Å². The van der Waals surface area contributed by atoms with Crippen LogP contribution in [0.5, 0.6) is 0 Å². The fraction of sp³-hybridized carbons (Fsp3) is 0.240. The molecule has 0 saturated heterocycles. The van der Waals surface area contributed by atoms with Crippen LogP contribution in [0, 0.1) is 12.7 Å². The third kappa shape index (κ3) is 4.44. The van der Waals surface area contributed by atoms with Gasteiger partial charge in [-0.25, -0.2) is 13.4 Å². The summed E-state index contributed by atoms with van der Waals surface area (Å²) in [6, 6.07) is 10.8. The summed E-state index contributed by atoms with van der Waals surface area (Å²) in [5, 5.41) is 3.02. The predicted octanol–water partition coefficient (Wildman–Crippen LogP) is 3.85. The molecule has 0 aliphatic heterocycles. The highest BCUT2D eigenvalue weighted by molar-refractivity contribution is 9.10. The molecular formula is C25H23BrFN5O4S. The van der Waals surface area contributed by atoms with Gasteiger partial charge in [0.05, 0.1) is 16.9 Å². The number of halogens is 2. The Balaban J connectivity index is 1.90. The van der Waals surface area contributed by atoms with Crippen LogP contribution >= 0.6 is 15.9 Å². The third-order valence-electron chi connectivity index (χ3n) is 6.31. The lowest BCUT2D eigenvalue weighted by Gasteiger charge is -2.21. The molecule has 2 heterocycles. The van der Waals surface area contributed by atoms with Crippen LogP contribution < -0.4 is 26.8 Å². The molecule has 0 bridgehead atoms. The van der Waals surface area contributed by atoms with Gasteiger partial charge in [0.2, 0.25) is 0 Å². The van der Waals surface area contributed by atoms with E-state index >= 15 is 0 Å². The molecule has 5 rings (SSSR count). The average Bonchev–Trinajstić information content (AvgIpc) is 3.67. The van der Waals surface area contributed by atoms with E-state index in [0.717, 1.165) is 0 Å². The maximum absolute atomic E-state index is 14.8. The number of benzene rings is 2. The van der Waals surface area contributed by atoms with Gasteiger partial charge in [-0.05, 0) is 56.2 Å². The van der Waals surface area contributed by atoms with Crippen LogP contribution in [0.2, 0.25) is 0 Å². The number of anilines is 3. The molecule has 1 aliphatic rings. The number of hydrogen-bond acceptors (Lipinski definition) is 5. The molecule has 2 aromatic carbocycles. The normalized spacial score (nSPS) is 14.1. The molecular weight excluding hydrogens is 565 g/mol. The van der Waals surface area contributed by atoms with Crippen LogP contribution in [0.15, 0.2) is 61.3 Å². The summed E-state index contributed by atoms with van der Waals surface area (Å²) >= 11 is 3.23. The number of pyridine rings is 1. The van der Waals surface area contributed by atoms with Crippen molar-refractivity contribution in [3.63, 3.8) is 0 Å². The second kappa shape index (κ2) is 9.42. The number of fused-ring (bicyclic) bond motifs is 1. The first-order valence-electron chi connectivity index (χ1n) is 11.4. The van der Waals surface area contributed by atoms with E-state index in [1.165, 1.54) is 39.1 Å². The summed E-state index contributed by atoms with van der Waals surface area (Å²) in [4.78, 5) is 40.9. The van der Waals surface area contributed by atoms with Crippen LogP contribution in [0.1, 0.15) is 24.4 Å². The standard InChI is InChI=1S/C25H23BrFN5O4S/c1-13-21-20(22(30(2)23(13)33)28-19-10-7-14(26)11-18(19)27)24(34)32(16-8-9-16)25(35)31(21)17-6-4-5-15(12-17)29-37(3)36/h4-7,10-12,16,28-29H,8-9H2,1-3H3. The van der Waals surface area contributed by atoms with Crippen molar-refractivity contribution in [3.05, 3.63) is 89.5 Å². The third-order valence-corrected chi connectivity index (χ3v) is 7.32. The molecule has 0 spiro atoms. The van der Waals surface area contributed by atoms with E-state index in [0.29, 0.717) is 28.7 Å². The zero-order chi connectivity index (χ0) is 26.6. The Bertz CT molecular complexity index is 1790. The molecule has 1 atom stereocenters. The lowest BCUT2D eigenvalue weighted by Crippen LogP contribution is -2.41. The van der Waals surface area contributed by atoms with E-state index in [1.807, 2.05) is 0 Å². The predicted molar refractivity (Wildman–Crippen MR) is 147 cm³/mol. The van der Waals surface area contributed by atoms with Gasteiger partial charge in [-0.2, -0.15) is 0 Å². The largest absolute Gasteiger partial charge is 0.338 e. The van der Waals surface area contributed by atoms with Gasteiger partial charge in [0.25, 0.3) is 11.1 Å². The van der Waals surface area contributed by atoms with Gasteiger partial charge in [0.15, 0.2) is 0 Å². The summed E-state index contributed by atoms with van der Waals surface area (Å²) in [5.74, 6) is -0.512. The molecule has 1 fully saturated rings. The van der Waals surface area contributed by atoms with Gasteiger partial charge >= 0.3 is 5.69 Å². The van der Waals surface area contributed by atoms with Gasteiger partial charge in [-0.1, -0.05) is 22.0 Å². The Hall–Kier alpha value is -3.51. The summed E-state index contributed by atoms with van der Waals surface area (Å²) in [5.41, 5.74) is -0.313. The Morgan fingerprint density at radius 1 is 1.08 bits per heavy atom. The van der Waals surface area contributed by atoms with Gasteiger partial charge < -0.3 is 10.0 Å². The molecule has 2 N–H and O–H groups in total. The van der Waals surface area contributed by atoms with E-state index in [4.69, 9.17) is 0 Å². The minimum absolute atomic E-state index is 0.0649. The Morgan fingerprint density at radius 2 is 1.81 bits per heavy atom. The monoisotopic (exact) mass is 587 g/mol. The Kier molecular flexibility index (Phi) is 6.40. The maximum atomic E-state index is 14.8. The summed E-state index contributed by atoms with van der Waals surface area (Å²) in [6.07, 6.45) is 2.83. The van der Waals surface area contributed by atoms with Gasteiger partial charge in [0.1, 0.15) is 28.0 Å². The van der Waals surface area contributed by atoms with Crippen molar-refractivity contribution >= 4 is 55.0 Å². The number of hydrogen-bond donors (Lipinski definition) is 2. The lowest BCUT2D eigenvalue weighted by molar-refractivity contribution is 0.630. The summed E-state index contributed by atoms with van der Waals surface area (Å²) in [7, 11) is 0.136. The van der Waals surface area contributed by atoms with Crippen LogP contribution in [0.25, 0.3) is 16.6 Å². The second-order valence-electron chi connectivity index (χ2n) is 8.94. The summed E-state index contributed by atoms with van der Waals surface area (Å²) in [6.45, 7) is 1.55. The number of nitrogens with zero attached hydrogens (tertiary/aromatic N) is 3. The molecule has 1 saturated carbocycles. The van der Waals surface area contributed by atoms with E-state index in [-0.39, 0.29) is 34.0 Å². The highest BCUT2D eigenvalue weighted by Gasteiger charge is 2.31. The molecule has 4 aromatic rings. The molecule has 1 unspecified atom stereocenters. The maximum Gasteiger partial charge on any atom is 0.336 e. The van der Waals surface area contributed by atoms with Crippen molar-refractivity contribution in [3.8, 4) is 5.69 Å². The van der Waals surface area contributed by atoms with E-state index < -0.39 is 33.6 Å². The molecule has 2 aromatic heterocycles. The first-order valence-corrected chi connectivity index (χ1v) is 13.8. The smallest absolute Gasteiger partial charge is 0.336 e. The van der Waals surface area contributed by atoms with Crippen LogP contribution in [0.4, 0.5) is 21.6 Å². The van der Waals surface area contributed by atoms with Crippen LogP contribution in [-0.2, 0) is 18.0 Å². The van der Waals surface area contributed by atoms with Crippen molar-refractivity contribution in [2.75, 3.05) is 16.3 Å². The molecule has 9 nitrogen and oxygen atoms in total. The number of rotatable bonds is 6. The average molecular weight is 588 g/mol. The lowest BCUT2D eigenvalue weighted by atomic mass is 10.1. The van der Waals surface area contributed by atoms with Crippen molar-refractivity contribution < 1.29 is 8.60 Å². The molecule has 192 valence electrons. The highest BCUT2D eigenvalue weighted by Crippen LogP contribution is 2.34. The van der Waals surface area contributed by atoms with Crippen molar-refractivity contribution in [1.29, 1.82) is 0 Å². The number of aryl methyl sites for hydroxylation is 1. The zero-order valence-corrected chi connectivity index (χ0v) is 22.6. The molecule has 0 amide bonds. The molecule has 12 heteroatoms.